The third-order valence-corrected chi connectivity index (χ3v) is 4.20. The van der Waals surface area contributed by atoms with Crippen molar-refractivity contribution in [1.82, 2.24) is 5.32 Å². The molecule has 1 aliphatic carbocycles. The lowest BCUT2D eigenvalue weighted by Crippen LogP contribution is -2.44. The highest BCUT2D eigenvalue weighted by Gasteiger charge is 2.39. The first kappa shape index (κ1) is 15.5. The first-order chi connectivity index (χ1) is 10.0. The summed E-state index contributed by atoms with van der Waals surface area (Å²) in [5.41, 5.74) is -0.536. The Bertz CT molecular complexity index is 524. The van der Waals surface area contributed by atoms with Crippen LogP contribution in [0.25, 0.3) is 0 Å². The zero-order valence-corrected chi connectivity index (χ0v) is 11.9. The van der Waals surface area contributed by atoms with Crippen LogP contribution in [0.1, 0.15) is 37.7 Å². The van der Waals surface area contributed by atoms with Gasteiger partial charge in [-0.3, -0.25) is 9.59 Å². The van der Waals surface area contributed by atoms with E-state index in [1.165, 1.54) is 6.07 Å². The average Bonchev–Trinajstić information content (AvgIpc) is 2.48. The summed E-state index contributed by atoms with van der Waals surface area (Å²) in [6, 6.07) is 6.11. The van der Waals surface area contributed by atoms with Crippen LogP contribution in [0.15, 0.2) is 24.3 Å². The van der Waals surface area contributed by atoms with Gasteiger partial charge in [-0.15, -0.1) is 0 Å². The van der Waals surface area contributed by atoms with Crippen molar-refractivity contribution in [1.29, 1.82) is 0 Å². The summed E-state index contributed by atoms with van der Waals surface area (Å²) in [6.45, 7) is 0.121. The van der Waals surface area contributed by atoms with E-state index in [1.807, 2.05) is 0 Å². The second-order valence-electron chi connectivity index (χ2n) is 5.69. The van der Waals surface area contributed by atoms with Crippen molar-refractivity contribution in [2.24, 2.45) is 5.41 Å². The quantitative estimate of drug-likeness (QED) is 0.876. The minimum absolute atomic E-state index is 0.0671. The van der Waals surface area contributed by atoms with Gasteiger partial charge in [0, 0.05) is 6.54 Å². The van der Waals surface area contributed by atoms with Gasteiger partial charge in [0.2, 0.25) is 5.91 Å². The van der Waals surface area contributed by atoms with Gasteiger partial charge >= 0.3 is 5.97 Å². The van der Waals surface area contributed by atoms with Gasteiger partial charge in [0.15, 0.2) is 0 Å². The minimum atomic E-state index is -0.858. The number of aliphatic carboxylic acids is 1. The Kier molecular flexibility index (Phi) is 4.94. The predicted molar refractivity (Wildman–Crippen MR) is 76.3 cm³/mol. The monoisotopic (exact) mass is 293 g/mol. The number of carboxylic acids is 1. The van der Waals surface area contributed by atoms with Crippen LogP contribution in [-0.2, 0) is 16.0 Å². The number of halogens is 1. The smallest absolute Gasteiger partial charge is 0.311 e. The fraction of sp³-hybridized carbons (Fsp3) is 0.500. The Hall–Kier alpha value is -1.91. The van der Waals surface area contributed by atoms with Crippen molar-refractivity contribution < 1.29 is 19.1 Å². The maximum Gasteiger partial charge on any atom is 0.311 e. The molecule has 1 aromatic rings. The molecule has 5 heteroatoms. The predicted octanol–water partition coefficient (Wildman–Crippen LogP) is 2.52. The Morgan fingerprint density at radius 2 is 1.86 bits per heavy atom. The van der Waals surface area contributed by atoms with Gasteiger partial charge in [0.25, 0.3) is 0 Å². The minimum Gasteiger partial charge on any atom is -0.481 e. The molecule has 0 saturated heterocycles. The molecule has 4 nitrogen and oxygen atoms in total. The lowest BCUT2D eigenvalue weighted by atomic mass is 9.74. The number of rotatable bonds is 5. The molecule has 0 heterocycles. The van der Waals surface area contributed by atoms with Gasteiger partial charge in [-0.2, -0.15) is 0 Å². The van der Waals surface area contributed by atoms with Crippen LogP contribution >= 0.6 is 0 Å². The molecule has 1 fully saturated rings. The SMILES string of the molecule is O=C(Cc1ccccc1F)NCC1(C(=O)O)CCCCC1. The molecule has 1 saturated carbocycles. The maximum atomic E-state index is 13.5. The van der Waals surface area contributed by atoms with Crippen molar-refractivity contribution >= 4 is 11.9 Å². The molecule has 114 valence electrons. The molecule has 1 aromatic carbocycles. The molecule has 0 atom stereocenters. The fourth-order valence-corrected chi connectivity index (χ4v) is 2.84. The lowest BCUT2D eigenvalue weighted by molar-refractivity contribution is -0.151. The molecule has 0 spiro atoms. The van der Waals surface area contributed by atoms with E-state index in [2.05, 4.69) is 5.32 Å². The highest BCUT2D eigenvalue weighted by Crippen LogP contribution is 2.36. The van der Waals surface area contributed by atoms with Crippen LogP contribution in [-0.4, -0.2) is 23.5 Å². The molecular formula is C16H20FNO3. The van der Waals surface area contributed by atoms with E-state index >= 15 is 0 Å². The van der Waals surface area contributed by atoms with Crippen LogP contribution in [0.4, 0.5) is 4.39 Å². The van der Waals surface area contributed by atoms with E-state index in [9.17, 15) is 19.1 Å². The van der Waals surface area contributed by atoms with Crippen molar-refractivity contribution in [3.05, 3.63) is 35.6 Å². The Labute approximate surface area is 123 Å². The van der Waals surface area contributed by atoms with E-state index < -0.39 is 17.2 Å². The van der Waals surface area contributed by atoms with Gasteiger partial charge in [0.1, 0.15) is 5.82 Å². The molecule has 0 aromatic heterocycles. The summed E-state index contributed by atoms with van der Waals surface area (Å²) in [5, 5.41) is 12.1. The molecule has 2 N–H and O–H groups in total. The number of hydrogen-bond acceptors (Lipinski definition) is 2. The molecule has 1 amide bonds. The summed E-state index contributed by atoms with van der Waals surface area (Å²) < 4.78 is 13.5. The van der Waals surface area contributed by atoms with Gasteiger partial charge in [0.05, 0.1) is 11.8 Å². The largest absolute Gasteiger partial charge is 0.481 e. The number of nitrogens with one attached hydrogen (secondary N) is 1. The molecule has 0 bridgehead atoms. The van der Waals surface area contributed by atoms with Crippen LogP contribution in [0, 0.1) is 11.2 Å². The van der Waals surface area contributed by atoms with Gasteiger partial charge in [-0.25, -0.2) is 4.39 Å². The molecule has 0 radical (unpaired) electrons. The summed E-state index contributed by atoms with van der Waals surface area (Å²) in [5.74, 6) is -1.61. The summed E-state index contributed by atoms with van der Waals surface area (Å²) in [4.78, 5) is 23.4. The second kappa shape index (κ2) is 6.70. The number of benzene rings is 1. The van der Waals surface area contributed by atoms with Gasteiger partial charge in [-0.1, -0.05) is 37.5 Å². The Morgan fingerprint density at radius 3 is 2.48 bits per heavy atom. The first-order valence-corrected chi connectivity index (χ1v) is 7.27. The molecule has 2 rings (SSSR count). The standard InChI is InChI=1S/C16H20FNO3/c17-13-7-3-2-6-12(13)10-14(19)18-11-16(15(20)21)8-4-1-5-9-16/h2-3,6-7H,1,4-5,8-11H2,(H,18,19)(H,20,21). The second-order valence-corrected chi connectivity index (χ2v) is 5.69. The average molecular weight is 293 g/mol. The number of carbonyl (C=O) groups excluding carboxylic acids is 1. The summed E-state index contributed by atoms with van der Waals surface area (Å²) in [6.07, 6.45) is 3.89. The highest BCUT2D eigenvalue weighted by atomic mass is 19.1. The van der Waals surface area contributed by atoms with Gasteiger partial charge < -0.3 is 10.4 Å². The summed E-state index contributed by atoms with van der Waals surface area (Å²) in [7, 11) is 0. The molecule has 0 unspecified atom stereocenters. The number of amides is 1. The lowest BCUT2D eigenvalue weighted by Gasteiger charge is -2.33. The van der Waals surface area contributed by atoms with Crippen LogP contribution in [0.5, 0.6) is 0 Å². The number of hydrogen-bond donors (Lipinski definition) is 2. The van der Waals surface area contributed by atoms with Crippen molar-refractivity contribution in [3.8, 4) is 0 Å². The molecular weight excluding hydrogens is 273 g/mol. The third-order valence-electron chi connectivity index (χ3n) is 4.20. The summed E-state index contributed by atoms with van der Waals surface area (Å²) >= 11 is 0. The van der Waals surface area contributed by atoms with E-state index in [4.69, 9.17) is 0 Å². The van der Waals surface area contributed by atoms with Crippen molar-refractivity contribution in [3.63, 3.8) is 0 Å². The zero-order chi connectivity index (χ0) is 15.3. The van der Waals surface area contributed by atoms with Crippen molar-refractivity contribution in [2.45, 2.75) is 38.5 Å². The number of carbonyl (C=O) groups is 2. The van der Waals surface area contributed by atoms with Crippen molar-refractivity contribution in [2.75, 3.05) is 6.54 Å². The first-order valence-electron chi connectivity index (χ1n) is 7.27. The van der Waals surface area contributed by atoms with Crippen LogP contribution < -0.4 is 5.32 Å². The normalized spacial score (nSPS) is 17.2. The topological polar surface area (TPSA) is 66.4 Å². The van der Waals surface area contributed by atoms with Crippen LogP contribution in [0.2, 0.25) is 0 Å². The maximum absolute atomic E-state index is 13.5. The molecule has 0 aliphatic heterocycles. The molecule has 1 aliphatic rings. The van der Waals surface area contributed by atoms with E-state index in [0.717, 1.165) is 19.3 Å². The molecule has 21 heavy (non-hydrogen) atoms. The number of carboxylic acid groups (broad SMARTS) is 1. The van der Waals surface area contributed by atoms with E-state index in [-0.39, 0.29) is 18.9 Å². The van der Waals surface area contributed by atoms with Gasteiger partial charge in [-0.05, 0) is 24.5 Å². The van der Waals surface area contributed by atoms with E-state index in [0.29, 0.717) is 18.4 Å². The fourth-order valence-electron chi connectivity index (χ4n) is 2.84. The Morgan fingerprint density at radius 1 is 1.19 bits per heavy atom. The highest BCUT2D eigenvalue weighted by molar-refractivity contribution is 5.80. The van der Waals surface area contributed by atoms with Crippen LogP contribution in [0.3, 0.4) is 0 Å². The van der Waals surface area contributed by atoms with E-state index in [1.54, 1.807) is 18.2 Å². The zero-order valence-electron chi connectivity index (χ0n) is 11.9. The third kappa shape index (κ3) is 3.80. The Balaban J connectivity index is 1.93.